The second-order valence-electron chi connectivity index (χ2n) is 7.10. The van der Waals surface area contributed by atoms with E-state index >= 15 is 0 Å². The Kier molecular flexibility index (Phi) is 5.29. The number of ether oxygens (including phenoxy) is 3. The molecule has 1 aliphatic rings. The van der Waals surface area contributed by atoms with Gasteiger partial charge in [0, 0.05) is 24.2 Å². The molecule has 0 fully saturated rings. The number of aromatic nitrogens is 1. The Bertz CT molecular complexity index is 1150. The van der Waals surface area contributed by atoms with Crippen molar-refractivity contribution in [1.29, 1.82) is 0 Å². The number of carboxylic acids is 1. The van der Waals surface area contributed by atoms with E-state index < -0.39 is 5.97 Å². The molecule has 31 heavy (non-hydrogen) atoms. The van der Waals surface area contributed by atoms with Crippen LogP contribution in [-0.4, -0.2) is 42.9 Å². The van der Waals surface area contributed by atoms with Crippen molar-refractivity contribution in [2.24, 2.45) is 0 Å². The molecule has 2 heterocycles. The molecule has 1 aromatic heterocycles. The van der Waals surface area contributed by atoms with Gasteiger partial charge in [-0.2, -0.15) is 0 Å². The Hall–Kier alpha value is -3.94. The molecule has 2 N–H and O–H groups in total. The van der Waals surface area contributed by atoms with Crippen LogP contribution in [0.1, 0.15) is 34.0 Å². The Morgan fingerprint density at radius 3 is 2.35 bits per heavy atom. The fourth-order valence-corrected chi connectivity index (χ4v) is 3.93. The van der Waals surface area contributed by atoms with Gasteiger partial charge in [-0.3, -0.25) is 4.79 Å². The number of methoxy groups -OCH3 is 3. The van der Waals surface area contributed by atoms with Crippen LogP contribution in [-0.2, 0) is 4.79 Å². The number of hydrogen-bond donors (Lipinski definition) is 2. The highest BCUT2D eigenvalue weighted by Gasteiger charge is 2.34. The zero-order valence-electron chi connectivity index (χ0n) is 17.3. The van der Waals surface area contributed by atoms with Crippen molar-refractivity contribution in [2.75, 3.05) is 26.6 Å². The van der Waals surface area contributed by atoms with Crippen molar-refractivity contribution in [3.05, 3.63) is 65.5 Å². The maximum Gasteiger partial charge on any atom is 0.339 e. The summed E-state index contributed by atoms with van der Waals surface area (Å²) >= 11 is 0. The number of carboxylic acid groups (broad SMARTS) is 1. The molecular formula is C23H22N2O6. The average molecular weight is 422 g/mol. The van der Waals surface area contributed by atoms with Gasteiger partial charge in [-0.05, 0) is 42.0 Å². The lowest BCUT2D eigenvalue weighted by Gasteiger charge is -2.26. The summed E-state index contributed by atoms with van der Waals surface area (Å²) < 4.78 is 17.8. The van der Waals surface area contributed by atoms with E-state index in [4.69, 9.17) is 14.2 Å². The Morgan fingerprint density at radius 1 is 1.03 bits per heavy atom. The molecule has 8 nitrogen and oxygen atoms in total. The largest absolute Gasteiger partial charge is 0.497 e. The summed E-state index contributed by atoms with van der Waals surface area (Å²) in [6.45, 7) is 0. The van der Waals surface area contributed by atoms with Gasteiger partial charge < -0.3 is 29.2 Å². The first-order valence-electron chi connectivity index (χ1n) is 9.61. The number of aromatic carboxylic acids is 1. The van der Waals surface area contributed by atoms with Crippen LogP contribution in [0.3, 0.4) is 0 Å². The van der Waals surface area contributed by atoms with Crippen molar-refractivity contribution >= 4 is 17.6 Å². The summed E-state index contributed by atoms with van der Waals surface area (Å²) in [6.07, 6.45) is 1.70. The summed E-state index contributed by atoms with van der Waals surface area (Å²) in [7, 11) is 4.68. The monoisotopic (exact) mass is 422 g/mol. The standard InChI is InChI=1S/C23H22N2O6/c1-29-15-7-5-14(6-8-15)25-12-17(23(27)28)21-22(25)16(11-20(26)24-21)13-4-9-18(30-2)19(10-13)31-3/h4-10,12,16H,11H2,1-3H3,(H,24,26)(H,27,28). The van der Waals surface area contributed by atoms with E-state index in [2.05, 4.69) is 5.32 Å². The van der Waals surface area contributed by atoms with Crippen LogP contribution in [0, 0.1) is 0 Å². The van der Waals surface area contributed by atoms with Gasteiger partial charge in [-0.1, -0.05) is 6.07 Å². The molecule has 8 heteroatoms. The number of benzene rings is 2. The highest BCUT2D eigenvalue weighted by molar-refractivity contribution is 6.04. The smallest absolute Gasteiger partial charge is 0.339 e. The number of hydrogen-bond acceptors (Lipinski definition) is 5. The molecule has 1 unspecified atom stereocenters. The number of nitrogens with zero attached hydrogens (tertiary/aromatic N) is 1. The predicted octanol–water partition coefficient (Wildman–Crippen LogP) is 3.68. The fourth-order valence-electron chi connectivity index (χ4n) is 3.93. The number of nitrogens with one attached hydrogen (secondary N) is 1. The van der Waals surface area contributed by atoms with Crippen LogP contribution in [0.2, 0.25) is 0 Å². The lowest BCUT2D eigenvalue weighted by molar-refractivity contribution is -0.116. The number of carbonyl (C=O) groups is 2. The highest BCUT2D eigenvalue weighted by atomic mass is 16.5. The molecule has 4 rings (SSSR count). The Labute approximate surface area is 179 Å². The quantitative estimate of drug-likeness (QED) is 0.629. The van der Waals surface area contributed by atoms with Gasteiger partial charge in [0.25, 0.3) is 0 Å². The molecule has 0 bridgehead atoms. The number of carbonyl (C=O) groups excluding carboxylic acids is 1. The van der Waals surface area contributed by atoms with Gasteiger partial charge in [0.2, 0.25) is 5.91 Å². The molecule has 3 aromatic rings. The third-order valence-electron chi connectivity index (χ3n) is 5.42. The summed E-state index contributed by atoms with van der Waals surface area (Å²) in [5.41, 5.74) is 2.60. The molecule has 2 aromatic carbocycles. The maximum absolute atomic E-state index is 12.5. The lowest BCUT2D eigenvalue weighted by atomic mass is 9.88. The van der Waals surface area contributed by atoms with Crippen LogP contribution < -0.4 is 19.5 Å². The van der Waals surface area contributed by atoms with Crippen molar-refractivity contribution in [3.8, 4) is 22.9 Å². The van der Waals surface area contributed by atoms with E-state index in [1.54, 1.807) is 44.1 Å². The van der Waals surface area contributed by atoms with Crippen molar-refractivity contribution < 1.29 is 28.9 Å². The molecule has 1 aliphatic heterocycles. The molecular weight excluding hydrogens is 400 g/mol. The number of fused-ring (bicyclic) bond motifs is 1. The number of rotatable bonds is 6. The SMILES string of the molecule is COc1ccc(-n2cc(C(=O)O)c3c2C(c2ccc(OC)c(OC)c2)CC(=O)N3)cc1. The zero-order chi connectivity index (χ0) is 22.1. The van der Waals surface area contributed by atoms with Crippen LogP contribution in [0.4, 0.5) is 5.69 Å². The molecule has 0 saturated carbocycles. The summed E-state index contributed by atoms with van der Waals surface area (Å²) in [4.78, 5) is 24.4. The maximum atomic E-state index is 12.5. The third-order valence-corrected chi connectivity index (χ3v) is 5.42. The first-order valence-corrected chi connectivity index (χ1v) is 9.61. The van der Waals surface area contributed by atoms with Gasteiger partial charge in [0.15, 0.2) is 11.5 Å². The van der Waals surface area contributed by atoms with Gasteiger partial charge in [0.1, 0.15) is 11.3 Å². The summed E-state index contributed by atoms with van der Waals surface area (Å²) in [6, 6.07) is 12.7. The molecule has 160 valence electrons. The average Bonchev–Trinajstić information content (AvgIpc) is 3.17. The normalized spacial score (nSPS) is 15.1. The van der Waals surface area contributed by atoms with Gasteiger partial charge in [-0.15, -0.1) is 0 Å². The van der Waals surface area contributed by atoms with Crippen molar-refractivity contribution in [3.63, 3.8) is 0 Å². The van der Waals surface area contributed by atoms with Crippen molar-refractivity contribution in [2.45, 2.75) is 12.3 Å². The first-order chi connectivity index (χ1) is 15.0. The Balaban J connectivity index is 1.92. The van der Waals surface area contributed by atoms with Crippen LogP contribution >= 0.6 is 0 Å². The topological polar surface area (TPSA) is 99.0 Å². The zero-order valence-corrected chi connectivity index (χ0v) is 17.3. The van der Waals surface area contributed by atoms with E-state index in [0.717, 1.165) is 11.3 Å². The van der Waals surface area contributed by atoms with E-state index in [9.17, 15) is 14.7 Å². The Morgan fingerprint density at radius 2 is 1.74 bits per heavy atom. The van der Waals surface area contributed by atoms with Gasteiger partial charge >= 0.3 is 5.97 Å². The van der Waals surface area contributed by atoms with Gasteiger partial charge in [0.05, 0.1) is 32.7 Å². The minimum Gasteiger partial charge on any atom is -0.497 e. The molecule has 0 aliphatic carbocycles. The number of anilines is 1. The lowest BCUT2D eigenvalue weighted by Crippen LogP contribution is -2.25. The minimum absolute atomic E-state index is 0.0318. The van der Waals surface area contributed by atoms with E-state index in [1.807, 2.05) is 24.3 Å². The molecule has 1 atom stereocenters. The first kappa shape index (κ1) is 20.3. The van der Waals surface area contributed by atoms with E-state index in [0.29, 0.717) is 28.6 Å². The second kappa shape index (κ2) is 8.06. The molecule has 1 amide bonds. The van der Waals surface area contributed by atoms with Crippen LogP contribution in [0.25, 0.3) is 5.69 Å². The van der Waals surface area contributed by atoms with E-state index in [1.165, 1.54) is 6.20 Å². The summed E-state index contributed by atoms with van der Waals surface area (Å²) in [5.74, 6) is 0.0582. The fraction of sp³-hybridized carbons (Fsp3) is 0.217. The third kappa shape index (κ3) is 3.56. The molecule has 0 spiro atoms. The highest BCUT2D eigenvalue weighted by Crippen LogP contribution is 2.43. The van der Waals surface area contributed by atoms with Gasteiger partial charge in [-0.25, -0.2) is 4.79 Å². The van der Waals surface area contributed by atoms with Crippen molar-refractivity contribution in [1.82, 2.24) is 4.57 Å². The van der Waals surface area contributed by atoms with Crippen LogP contribution in [0.15, 0.2) is 48.7 Å². The van der Waals surface area contributed by atoms with E-state index in [-0.39, 0.29) is 23.8 Å². The van der Waals surface area contributed by atoms with Crippen LogP contribution in [0.5, 0.6) is 17.2 Å². The summed E-state index contributed by atoms with van der Waals surface area (Å²) in [5, 5.41) is 12.5. The second-order valence-corrected chi connectivity index (χ2v) is 7.10. The minimum atomic E-state index is -1.11. The predicted molar refractivity (Wildman–Crippen MR) is 114 cm³/mol. The number of amides is 1. The molecule has 0 saturated heterocycles. The molecule has 0 radical (unpaired) electrons.